The van der Waals surface area contributed by atoms with Gasteiger partial charge in [0, 0.05) is 17.3 Å². The molecule has 1 N–H and O–H groups in total. The Bertz CT molecular complexity index is 983. The number of halogens is 1. The predicted octanol–water partition coefficient (Wildman–Crippen LogP) is 3.85. The van der Waals surface area contributed by atoms with Crippen molar-refractivity contribution in [2.24, 2.45) is 0 Å². The molecule has 0 radical (unpaired) electrons. The summed E-state index contributed by atoms with van der Waals surface area (Å²) < 4.78 is 15.6. The van der Waals surface area contributed by atoms with Crippen molar-refractivity contribution in [3.05, 3.63) is 58.6 Å². The lowest BCUT2D eigenvalue weighted by atomic mass is 10.1. The van der Waals surface area contributed by atoms with Gasteiger partial charge >= 0.3 is 5.97 Å². The SMILES string of the molecule is CC(=O)c1ccc(NC(=O)[C@@H](C)OC(=O)/C=C/c2cc(Cl)c3c(c2)OCO3)cc1. The fourth-order valence-electron chi connectivity index (χ4n) is 2.55. The summed E-state index contributed by atoms with van der Waals surface area (Å²) in [6, 6.07) is 9.72. The van der Waals surface area contributed by atoms with Gasteiger partial charge in [0.1, 0.15) is 0 Å². The molecule has 0 saturated heterocycles. The van der Waals surface area contributed by atoms with Crippen LogP contribution in [0, 0.1) is 0 Å². The minimum absolute atomic E-state index is 0.0688. The number of esters is 1. The van der Waals surface area contributed by atoms with Gasteiger partial charge in [0.25, 0.3) is 5.91 Å². The number of carbonyl (C=O) groups excluding carboxylic acids is 3. The van der Waals surface area contributed by atoms with Gasteiger partial charge < -0.3 is 19.5 Å². The van der Waals surface area contributed by atoms with Crippen molar-refractivity contribution < 1.29 is 28.6 Å². The topological polar surface area (TPSA) is 90.9 Å². The molecule has 1 heterocycles. The molecule has 1 amide bonds. The average molecular weight is 416 g/mol. The molecule has 150 valence electrons. The second-order valence-corrected chi connectivity index (χ2v) is 6.68. The first kappa shape index (κ1) is 20.4. The highest BCUT2D eigenvalue weighted by atomic mass is 35.5. The molecule has 0 aromatic heterocycles. The van der Waals surface area contributed by atoms with Gasteiger partial charge in [0.05, 0.1) is 5.02 Å². The van der Waals surface area contributed by atoms with Gasteiger partial charge in [-0.3, -0.25) is 9.59 Å². The Morgan fingerprint density at radius 3 is 2.59 bits per heavy atom. The third kappa shape index (κ3) is 5.14. The van der Waals surface area contributed by atoms with Gasteiger partial charge in [-0.25, -0.2) is 4.79 Å². The van der Waals surface area contributed by atoms with E-state index in [4.69, 9.17) is 25.8 Å². The van der Waals surface area contributed by atoms with Crippen LogP contribution in [0.25, 0.3) is 6.08 Å². The zero-order chi connectivity index (χ0) is 21.0. The van der Waals surface area contributed by atoms with E-state index in [1.54, 1.807) is 36.4 Å². The molecule has 0 aliphatic carbocycles. The molecule has 7 nitrogen and oxygen atoms in total. The highest BCUT2D eigenvalue weighted by Gasteiger charge is 2.19. The Labute approximate surface area is 172 Å². The second-order valence-electron chi connectivity index (χ2n) is 6.27. The number of rotatable bonds is 6. The second kappa shape index (κ2) is 8.79. The molecule has 0 spiro atoms. The lowest BCUT2D eigenvalue weighted by molar-refractivity contribution is -0.148. The third-order valence-corrected chi connectivity index (χ3v) is 4.36. The van der Waals surface area contributed by atoms with Crippen LogP contribution >= 0.6 is 11.6 Å². The smallest absolute Gasteiger partial charge is 0.331 e. The van der Waals surface area contributed by atoms with E-state index < -0.39 is 18.0 Å². The van der Waals surface area contributed by atoms with Gasteiger partial charge in [0.2, 0.25) is 6.79 Å². The number of hydrogen-bond acceptors (Lipinski definition) is 6. The predicted molar refractivity (Wildman–Crippen MR) is 107 cm³/mol. The summed E-state index contributed by atoms with van der Waals surface area (Å²) in [6.45, 7) is 3.01. The van der Waals surface area contributed by atoms with Crippen LogP contribution in [-0.4, -0.2) is 30.6 Å². The first-order valence-corrected chi connectivity index (χ1v) is 9.11. The van der Waals surface area contributed by atoms with Gasteiger partial charge in [-0.05, 0) is 61.9 Å². The number of hydrogen-bond donors (Lipinski definition) is 1. The first-order chi connectivity index (χ1) is 13.8. The molecule has 8 heteroatoms. The van der Waals surface area contributed by atoms with Crippen LogP contribution in [0.5, 0.6) is 11.5 Å². The maximum atomic E-state index is 12.2. The van der Waals surface area contributed by atoms with E-state index in [1.165, 1.54) is 26.0 Å². The van der Waals surface area contributed by atoms with E-state index >= 15 is 0 Å². The molecule has 3 rings (SSSR count). The monoisotopic (exact) mass is 415 g/mol. The largest absolute Gasteiger partial charge is 0.454 e. The Hall–Kier alpha value is -3.32. The Morgan fingerprint density at radius 2 is 1.90 bits per heavy atom. The van der Waals surface area contributed by atoms with Crippen molar-refractivity contribution in [3.8, 4) is 11.5 Å². The van der Waals surface area contributed by atoms with Crippen LogP contribution in [0.3, 0.4) is 0 Å². The van der Waals surface area contributed by atoms with Crippen LogP contribution in [0.15, 0.2) is 42.5 Å². The van der Waals surface area contributed by atoms with E-state index in [2.05, 4.69) is 5.32 Å². The summed E-state index contributed by atoms with van der Waals surface area (Å²) in [7, 11) is 0. The van der Waals surface area contributed by atoms with Crippen LogP contribution < -0.4 is 14.8 Å². The molecule has 29 heavy (non-hydrogen) atoms. The number of carbonyl (C=O) groups is 3. The highest BCUT2D eigenvalue weighted by Crippen LogP contribution is 2.40. The Balaban J connectivity index is 1.55. The normalized spacial score (nSPS) is 13.2. The van der Waals surface area contributed by atoms with Crippen molar-refractivity contribution in [1.29, 1.82) is 0 Å². The minimum Gasteiger partial charge on any atom is -0.454 e. The summed E-state index contributed by atoms with van der Waals surface area (Å²) >= 11 is 6.09. The Morgan fingerprint density at radius 1 is 1.17 bits per heavy atom. The van der Waals surface area contributed by atoms with Crippen molar-refractivity contribution in [3.63, 3.8) is 0 Å². The van der Waals surface area contributed by atoms with E-state index in [0.29, 0.717) is 33.3 Å². The molecule has 2 aromatic carbocycles. The molecule has 0 unspecified atom stereocenters. The van der Waals surface area contributed by atoms with Crippen molar-refractivity contribution in [1.82, 2.24) is 0 Å². The molecule has 0 fully saturated rings. The van der Waals surface area contributed by atoms with E-state index in [9.17, 15) is 14.4 Å². The van der Waals surface area contributed by atoms with Crippen LogP contribution in [0.1, 0.15) is 29.8 Å². The molecule has 2 aromatic rings. The molecule has 0 bridgehead atoms. The maximum Gasteiger partial charge on any atom is 0.331 e. The number of Topliss-reactive ketones (excluding diaryl/α,β-unsaturated/α-hetero) is 1. The minimum atomic E-state index is -1.01. The van der Waals surface area contributed by atoms with Crippen molar-refractivity contribution in [2.75, 3.05) is 12.1 Å². The molecular weight excluding hydrogens is 398 g/mol. The number of amides is 1. The number of fused-ring (bicyclic) bond motifs is 1. The number of benzene rings is 2. The Kier molecular flexibility index (Phi) is 6.19. The van der Waals surface area contributed by atoms with Gasteiger partial charge in [-0.15, -0.1) is 0 Å². The summed E-state index contributed by atoms with van der Waals surface area (Å²) in [5.41, 5.74) is 1.66. The number of anilines is 1. The van der Waals surface area contributed by atoms with Gasteiger partial charge in [0.15, 0.2) is 23.4 Å². The lowest BCUT2D eigenvalue weighted by Crippen LogP contribution is -2.29. The number of ether oxygens (including phenoxy) is 3. The van der Waals surface area contributed by atoms with Crippen LogP contribution in [0.2, 0.25) is 5.02 Å². The molecule has 1 atom stereocenters. The van der Waals surface area contributed by atoms with Crippen molar-refractivity contribution in [2.45, 2.75) is 20.0 Å². The molecule has 1 aliphatic heterocycles. The quantitative estimate of drug-likeness (QED) is 0.437. The van der Waals surface area contributed by atoms with Crippen LogP contribution in [-0.2, 0) is 14.3 Å². The highest BCUT2D eigenvalue weighted by molar-refractivity contribution is 6.32. The fraction of sp³-hybridized carbons (Fsp3) is 0.190. The fourth-order valence-corrected chi connectivity index (χ4v) is 2.82. The summed E-state index contributed by atoms with van der Waals surface area (Å²) in [5, 5.41) is 3.00. The third-order valence-electron chi connectivity index (χ3n) is 4.08. The standard InChI is InChI=1S/C21H18ClNO6/c1-12(24)15-4-6-16(7-5-15)23-21(26)13(2)29-19(25)8-3-14-9-17(22)20-18(10-14)27-11-28-20/h3-10,13H,11H2,1-2H3,(H,23,26)/b8-3+/t13-/m1/s1. The van der Waals surface area contributed by atoms with Gasteiger partial charge in [-0.2, -0.15) is 0 Å². The first-order valence-electron chi connectivity index (χ1n) is 8.73. The summed E-state index contributed by atoms with van der Waals surface area (Å²) in [6.07, 6.45) is 1.68. The van der Waals surface area contributed by atoms with Crippen molar-refractivity contribution >= 4 is 41.0 Å². The summed E-state index contributed by atoms with van der Waals surface area (Å²) in [4.78, 5) is 35.5. The molecular formula is C21H18ClNO6. The number of nitrogens with one attached hydrogen (secondary N) is 1. The van der Waals surface area contributed by atoms with Gasteiger partial charge in [-0.1, -0.05) is 11.6 Å². The van der Waals surface area contributed by atoms with E-state index in [-0.39, 0.29) is 12.6 Å². The molecule has 1 aliphatic rings. The summed E-state index contributed by atoms with van der Waals surface area (Å²) in [5.74, 6) is -0.287. The van der Waals surface area contributed by atoms with Crippen LogP contribution in [0.4, 0.5) is 5.69 Å². The zero-order valence-electron chi connectivity index (χ0n) is 15.7. The maximum absolute atomic E-state index is 12.2. The van der Waals surface area contributed by atoms with E-state index in [1.807, 2.05) is 0 Å². The van der Waals surface area contributed by atoms with E-state index in [0.717, 1.165) is 0 Å². The average Bonchev–Trinajstić information content (AvgIpc) is 3.16. The lowest BCUT2D eigenvalue weighted by Gasteiger charge is -2.12. The molecule has 0 saturated carbocycles. The zero-order valence-corrected chi connectivity index (χ0v) is 16.5. The number of ketones is 1.